The Kier molecular flexibility index (Phi) is 6.42. The number of amides is 1. The average molecular weight is 378 g/mol. The first-order valence-corrected chi connectivity index (χ1v) is 9.59. The van der Waals surface area contributed by atoms with E-state index in [1.807, 2.05) is 55.6 Å². The monoisotopic (exact) mass is 378 g/mol. The van der Waals surface area contributed by atoms with Gasteiger partial charge in [0.25, 0.3) is 0 Å². The standard InChI is InChI=1S/C22H26N4O2/c1-4-26(5-2)20-12-11-17(14-23-20)15-24-21(27)13-19-16(3)28-22(25-19)18-9-7-6-8-10-18/h6-12,14H,4-5,13,15H2,1-3H3,(H,24,27). The molecule has 0 bridgehead atoms. The minimum absolute atomic E-state index is 0.0937. The predicted octanol–water partition coefficient (Wildman–Crippen LogP) is 3.75. The lowest BCUT2D eigenvalue weighted by Crippen LogP contribution is -2.25. The van der Waals surface area contributed by atoms with E-state index < -0.39 is 0 Å². The zero-order chi connectivity index (χ0) is 19.9. The molecule has 2 aromatic heterocycles. The number of rotatable bonds is 8. The van der Waals surface area contributed by atoms with E-state index in [9.17, 15) is 4.79 Å². The SMILES string of the molecule is CCN(CC)c1ccc(CNC(=O)Cc2nc(-c3ccccc3)oc2C)cn1. The van der Waals surface area contributed by atoms with Crippen molar-refractivity contribution < 1.29 is 9.21 Å². The Morgan fingerprint density at radius 1 is 1.11 bits per heavy atom. The topological polar surface area (TPSA) is 71.3 Å². The van der Waals surface area contributed by atoms with E-state index in [1.165, 1.54) is 0 Å². The second-order valence-electron chi connectivity index (χ2n) is 6.54. The Balaban J connectivity index is 1.57. The van der Waals surface area contributed by atoms with Crippen molar-refractivity contribution in [2.24, 2.45) is 0 Å². The second kappa shape index (κ2) is 9.17. The summed E-state index contributed by atoms with van der Waals surface area (Å²) >= 11 is 0. The Bertz CT molecular complexity index is 900. The normalized spacial score (nSPS) is 10.7. The van der Waals surface area contributed by atoms with E-state index in [2.05, 4.69) is 34.0 Å². The molecule has 0 radical (unpaired) electrons. The minimum atomic E-state index is -0.0937. The molecule has 1 N–H and O–H groups in total. The first-order chi connectivity index (χ1) is 13.6. The maximum atomic E-state index is 12.3. The van der Waals surface area contributed by atoms with Crippen LogP contribution in [0.25, 0.3) is 11.5 Å². The van der Waals surface area contributed by atoms with E-state index >= 15 is 0 Å². The summed E-state index contributed by atoms with van der Waals surface area (Å²) in [6, 6.07) is 13.7. The van der Waals surface area contributed by atoms with E-state index in [-0.39, 0.29) is 12.3 Å². The molecule has 2 heterocycles. The van der Waals surface area contributed by atoms with E-state index in [0.717, 1.165) is 30.0 Å². The van der Waals surface area contributed by atoms with E-state index in [1.54, 1.807) is 0 Å². The molecule has 28 heavy (non-hydrogen) atoms. The molecular weight excluding hydrogens is 352 g/mol. The van der Waals surface area contributed by atoms with Crippen molar-refractivity contribution in [3.8, 4) is 11.5 Å². The third-order valence-electron chi connectivity index (χ3n) is 4.63. The van der Waals surface area contributed by atoms with Crippen LogP contribution in [0.1, 0.15) is 30.9 Å². The van der Waals surface area contributed by atoms with Gasteiger partial charge < -0.3 is 14.6 Å². The molecule has 146 valence electrons. The van der Waals surface area contributed by atoms with Gasteiger partial charge in [-0.25, -0.2) is 9.97 Å². The number of oxazole rings is 1. The molecule has 3 rings (SSSR count). The van der Waals surface area contributed by atoms with Gasteiger partial charge in [0.15, 0.2) is 0 Å². The van der Waals surface area contributed by atoms with E-state index in [0.29, 0.717) is 23.9 Å². The third-order valence-corrected chi connectivity index (χ3v) is 4.63. The lowest BCUT2D eigenvalue weighted by molar-refractivity contribution is -0.120. The maximum Gasteiger partial charge on any atom is 0.226 e. The molecule has 0 spiro atoms. The Morgan fingerprint density at radius 3 is 2.50 bits per heavy atom. The molecule has 0 saturated heterocycles. The van der Waals surface area contributed by atoms with Gasteiger partial charge in [0.2, 0.25) is 11.8 Å². The number of carbonyl (C=O) groups excluding carboxylic acids is 1. The van der Waals surface area contributed by atoms with Crippen LogP contribution in [0.15, 0.2) is 53.1 Å². The van der Waals surface area contributed by atoms with Crippen LogP contribution in [0.5, 0.6) is 0 Å². The molecule has 0 aliphatic carbocycles. The van der Waals surface area contributed by atoms with Crippen molar-refractivity contribution in [3.63, 3.8) is 0 Å². The number of nitrogens with one attached hydrogen (secondary N) is 1. The van der Waals surface area contributed by atoms with Gasteiger partial charge in [0, 0.05) is 31.4 Å². The molecule has 0 aliphatic heterocycles. The fourth-order valence-electron chi connectivity index (χ4n) is 2.97. The molecule has 1 aromatic carbocycles. The number of benzene rings is 1. The quantitative estimate of drug-likeness (QED) is 0.646. The lowest BCUT2D eigenvalue weighted by atomic mass is 10.2. The first kappa shape index (κ1) is 19.6. The van der Waals surface area contributed by atoms with Gasteiger partial charge in [-0.3, -0.25) is 4.79 Å². The Morgan fingerprint density at radius 2 is 1.86 bits per heavy atom. The third kappa shape index (κ3) is 4.76. The number of aryl methyl sites for hydroxylation is 1. The average Bonchev–Trinajstić information content (AvgIpc) is 3.09. The number of aromatic nitrogens is 2. The number of pyridine rings is 1. The molecule has 0 atom stereocenters. The molecule has 6 heteroatoms. The Labute approximate surface area is 165 Å². The zero-order valence-electron chi connectivity index (χ0n) is 16.6. The number of hydrogen-bond donors (Lipinski definition) is 1. The van der Waals surface area contributed by atoms with Crippen LogP contribution in [0.3, 0.4) is 0 Å². The van der Waals surface area contributed by atoms with Crippen LogP contribution < -0.4 is 10.2 Å². The summed E-state index contributed by atoms with van der Waals surface area (Å²) in [6.45, 7) is 8.32. The van der Waals surface area contributed by atoms with Crippen molar-refractivity contribution in [2.75, 3.05) is 18.0 Å². The van der Waals surface area contributed by atoms with Crippen molar-refractivity contribution in [3.05, 3.63) is 65.7 Å². The summed E-state index contributed by atoms with van der Waals surface area (Å²) < 4.78 is 5.72. The molecule has 0 saturated carbocycles. The highest BCUT2D eigenvalue weighted by atomic mass is 16.4. The summed E-state index contributed by atoms with van der Waals surface area (Å²) in [5.74, 6) is 2.06. The van der Waals surface area contributed by atoms with Gasteiger partial charge in [-0.15, -0.1) is 0 Å². The number of anilines is 1. The largest absolute Gasteiger partial charge is 0.441 e. The van der Waals surface area contributed by atoms with Gasteiger partial charge in [-0.1, -0.05) is 24.3 Å². The molecule has 6 nitrogen and oxygen atoms in total. The van der Waals surface area contributed by atoms with Crippen LogP contribution in [0.2, 0.25) is 0 Å². The van der Waals surface area contributed by atoms with Crippen molar-refractivity contribution in [2.45, 2.75) is 33.7 Å². The van der Waals surface area contributed by atoms with Crippen LogP contribution in [-0.2, 0) is 17.8 Å². The summed E-state index contributed by atoms with van der Waals surface area (Å²) in [5.41, 5.74) is 2.52. The second-order valence-corrected chi connectivity index (χ2v) is 6.54. The van der Waals surface area contributed by atoms with Crippen molar-refractivity contribution in [1.29, 1.82) is 0 Å². The summed E-state index contributed by atoms with van der Waals surface area (Å²) in [6.07, 6.45) is 2.00. The van der Waals surface area contributed by atoms with Crippen LogP contribution in [0, 0.1) is 6.92 Å². The maximum absolute atomic E-state index is 12.3. The van der Waals surface area contributed by atoms with Gasteiger partial charge >= 0.3 is 0 Å². The van der Waals surface area contributed by atoms with Crippen molar-refractivity contribution >= 4 is 11.7 Å². The number of carbonyl (C=O) groups is 1. The van der Waals surface area contributed by atoms with Gasteiger partial charge in [-0.05, 0) is 44.5 Å². The molecule has 0 unspecified atom stereocenters. The molecule has 3 aromatic rings. The highest BCUT2D eigenvalue weighted by Crippen LogP contribution is 2.21. The fourth-order valence-corrected chi connectivity index (χ4v) is 2.97. The van der Waals surface area contributed by atoms with Crippen molar-refractivity contribution in [1.82, 2.24) is 15.3 Å². The highest BCUT2D eigenvalue weighted by molar-refractivity contribution is 5.78. The molecule has 1 amide bonds. The molecule has 0 aliphatic rings. The van der Waals surface area contributed by atoms with Crippen LogP contribution in [-0.4, -0.2) is 29.0 Å². The first-order valence-electron chi connectivity index (χ1n) is 9.59. The lowest BCUT2D eigenvalue weighted by Gasteiger charge is -2.19. The summed E-state index contributed by atoms with van der Waals surface area (Å²) in [7, 11) is 0. The highest BCUT2D eigenvalue weighted by Gasteiger charge is 2.14. The summed E-state index contributed by atoms with van der Waals surface area (Å²) in [4.78, 5) is 23.5. The predicted molar refractivity (Wildman–Crippen MR) is 110 cm³/mol. The van der Waals surface area contributed by atoms with Gasteiger partial charge in [0.05, 0.1) is 12.1 Å². The van der Waals surface area contributed by atoms with Crippen LogP contribution in [0.4, 0.5) is 5.82 Å². The van der Waals surface area contributed by atoms with Gasteiger partial charge in [0.1, 0.15) is 11.6 Å². The number of nitrogens with zero attached hydrogens (tertiary/aromatic N) is 3. The van der Waals surface area contributed by atoms with Gasteiger partial charge in [-0.2, -0.15) is 0 Å². The van der Waals surface area contributed by atoms with E-state index in [4.69, 9.17) is 4.42 Å². The summed E-state index contributed by atoms with van der Waals surface area (Å²) in [5, 5.41) is 2.93. The molecule has 0 fully saturated rings. The van der Waals surface area contributed by atoms with Crippen LogP contribution >= 0.6 is 0 Å². The number of hydrogen-bond acceptors (Lipinski definition) is 5. The zero-order valence-corrected chi connectivity index (χ0v) is 16.6. The fraction of sp³-hybridized carbons (Fsp3) is 0.318. The molecular formula is C22H26N4O2. The smallest absolute Gasteiger partial charge is 0.226 e. The Hall–Kier alpha value is -3.15. The minimum Gasteiger partial charge on any atom is -0.441 e.